The summed E-state index contributed by atoms with van der Waals surface area (Å²) in [6, 6.07) is 7.63. The number of hydrogen-bond acceptors (Lipinski definition) is 5. The Morgan fingerprint density at radius 1 is 1.42 bits per heavy atom. The fraction of sp³-hybridized carbons (Fsp3) is 0.571. The topological polar surface area (TPSA) is 68.0 Å². The molecule has 5 heteroatoms. The van der Waals surface area contributed by atoms with Gasteiger partial charge in [-0.1, -0.05) is 12.1 Å². The van der Waals surface area contributed by atoms with Crippen LogP contribution in [0.2, 0.25) is 0 Å². The van der Waals surface area contributed by atoms with Gasteiger partial charge in [0, 0.05) is 13.1 Å². The van der Waals surface area contributed by atoms with E-state index in [1.165, 1.54) is 0 Å². The van der Waals surface area contributed by atoms with Gasteiger partial charge in [-0.15, -0.1) is 0 Å². The van der Waals surface area contributed by atoms with Crippen molar-refractivity contribution in [3.8, 4) is 5.75 Å². The fourth-order valence-electron chi connectivity index (χ4n) is 2.21. The van der Waals surface area contributed by atoms with E-state index in [0.717, 1.165) is 31.9 Å². The predicted octanol–water partition coefficient (Wildman–Crippen LogP) is 0.731. The van der Waals surface area contributed by atoms with Gasteiger partial charge in [-0.2, -0.15) is 0 Å². The van der Waals surface area contributed by atoms with E-state index in [1.54, 1.807) is 0 Å². The molecule has 1 heterocycles. The van der Waals surface area contributed by atoms with Crippen LogP contribution >= 0.6 is 0 Å². The van der Waals surface area contributed by atoms with E-state index in [9.17, 15) is 5.11 Å². The molecule has 1 fully saturated rings. The monoisotopic (exact) mass is 266 g/mol. The number of ether oxygens (including phenoxy) is 2. The van der Waals surface area contributed by atoms with Crippen molar-refractivity contribution in [3.05, 3.63) is 24.3 Å². The zero-order valence-corrected chi connectivity index (χ0v) is 11.1. The van der Waals surface area contributed by atoms with Crippen LogP contribution in [0.1, 0.15) is 6.42 Å². The molecule has 5 nitrogen and oxygen atoms in total. The molecule has 3 N–H and O–H groups in total. The highest BCUT2D eigenvalue weighted by Crippen LogP contribution is 2.19. The highest BCUT2D eigenvalue weighted by Gasteiger charge is 2.21. The molecule has 1 aromatic carbocycles. The van der Waals surface area contributed by atoms with Gasteiger partial charge >= 0.3 is 0 Å². The normalized spacial score (nSPS) is 20.4. The molecule has 1 unspecified atom stereocenters. The molecule has 1 aromatic rings. The minimum atomic E-state index is 0.121. The Hall–Kier alpha value is -1.30. The lowest BCUT2D eigenvalue weighted by Gasteiger charge is -2.34. The van der Waals surface area contributed by atoms with E-state index in [0.29, 0.717) is 18.9 Å². The maximum Gasteiger partial charge on any atom is 0.142 e. The molecule has 1 atom stereocenters. The van der Waals surface area contributed by atoms with E-state index in [4.69, 9.17) is 15.2 Å². The highest BCUT2D eigenvalue weighted by molar-refractivity contribution is 5.51. The second-order valence-electron chi connectivity index (χ2n) is 4.69. The van der Waals surface area contributed by atoms with Gasteiger partial charge in [0.2, 0.25) is 0 Å². The molecule has 0 amide bonds. The minimum absolute atomic E-state index is 0.121. The molecule has 19 heavy (non-hydrogen) atoms. The summed E-state index contributed by atoms with van der Waals surface area (Å²) in [6.45, 7) is 3.90. The summed E-state index contributed by atoms with van der Waals surface area (Å²) in [5.41, 5.74) is 6.47. The Balaban J connectivity index is 1.70. The molecule has 1 aliphatic heterocycles. The van der Waals surface area contributed by atoms with Crippen molar-refractivity contribution in [1.82, 2.24) is 4.90 Å². The molecule has 106 valence electrons. The second-order valence-corrected chi connectivity index (χ2v) is 4.69. The number of nitrogens with two attached hydrogens (primary N) is 1. The molecule has 0 saturated carbocycles. The minimum Gasteiger partial charge on any atom is -0.491 e. The summed E-state index contributed by atoms with van der Waals surface area (Å²) in [5, 5.41) is 9.26. The van der Waals surface area contributed by atoms with Crippen LogP contribution < -0.4 is 10.5 Å². The maximum atomic E-state index is 9.26. The number of para-hydroxylation sites is 2. The van der Waals surface area contributed by atoms with E-state index >= 15 is 0 Å². The number of nitrogen functional groups attached to an aromatic ring is 1. The van der Waals surface area contributed by atoms with Gasteiger partial charge < -0.3 is 20.3 Å². The summed E-state index contributed by atoms with van der Waals surface area (Å²) in [7, 11) is 0. The molecule has 0 aliphatic carbocycles. The third-order valence-corrected chi connectivity index (χ3v) is 3.33. The Morgan fingerprint density at radius 3 is 3.05 bits per heavy atom. The lowest BCUT2D eigenvalue weighted by molar-refractivity contribution is -0.0287. The number of nitrogens with zero attached hydrogens (tertiary/aromatic N) is 1. The van der Waals surface area contributed by atoms with Gasteiger partial charge in [0.05, 0.1) is 38.2 Å². The summed E-state index contributed by atoms with van der Waals surface area (Å²) < 4.78 is 11.0. The van der Waals surface area contributed by atoms with Crippen molar-refractivity contribution in [2.75, 3.05) is 45.3 Å². The molecule has 0 aromatic heterocycles. The van der Waals surface area contributed by atoms with Gasteiger partial charge in [-0.3, -0.25) is 4.90 Å². The molecular formula is C14H22N2O3. The first kappa shape index (κ1) is 14.1. The molecule has 0 spiro atoms. The summed E-state index contributed by atoms with van der Waals surface area (Å²) in [5.74, 6) is 0.739. The van der Waals surface area contributed by atoms with Crippen molar-refractivity contribution in [2.24, 2.45) is 0 Å². The Kier molecular flexibility index (Phi) is 5.44. The van der Waals surface area contributed by atoms with E-state index < -0.39 is 0 Å². The lowest BCUT2D eigenvalue weighted by Crippen LogP contribution is -2.47. The number of anilines is 1. The average Bonchev–Trinajstić information content (AvgIpc) is 2.45. The van der Waals surface area contributed by atoms with Crippen molar-refractivity contribution in [2.45, 2.75) is 12.5 Å². The Labute approximate surface area is 113 Å². The fourth-order valence-corrected chi connectivity index (χ4v) is 2.21. The van der Waals surface area contributed by atoms with Gasteiger partial charge in [0.1, 0.15) is 5.75 Å². The molecule has 0 radical (unpaired) electrons. The predicted molar refractivity (Wildman–Crippen MR) is 74.2 cm³/mol. The Morgan fingerprint density at radius 2 is 2.26 bits per heavy atom. The molecular weight excluding hydrogens is 244 g/mol. The Bertz CT molecular complexity index is 387. The van der Waals surface area contributed by atoms with E-state index in [1.807, 2.05) is 24.3 Å². The van der Waals surface area contributed by atoms with Crippen LogP contribution in [0.3, 0.4) is 0 Å². The molecule has 2 rings (SSSR count). The molecule has 1 saturated heterocycles. The van der Waals surface area contributed by atoms with Crippen LogP contribution in [0.15, 0.2) is 24.3 Å². The van der Waals surface area contributed by atoms with E-state index in [2.05, 4.69) is 4.90 Å². The first-order valence-corrected chi connectivity index (χ1v) is 6.71. The molecule has 1 aliphatic rings. The number of rotatable bonds is 6. The standard InChI is InChI=1S/C14H22N2O3/c15-13-4-1-2-5-14(13)19-8-3-6-16-7-9-18-11-12(16)10-17/h1-2,4-5,12,17H,3,6-11,15H2. The largest absolute Gasteiger partial charge is 0.491 e. The van der Waals surface area contributed by atoms with Crippen molar-refractivity contribution in [3.63, 3.8) is 0 Å². The summed E-state index contributed by atoms with van der Waals surface area (Å²) in [4.78, 5) is 2.25. The van der Waals surface area contributed by atoms with Crippen LogP contribution in [-0.4, -0.2) is 55.6 Å². The van der Waals surface area contributed by atoms with Gasteiger partial charge in [-0.05, 0) is 18.6 Å². The maximum absolute atomic E-state index is 9.26. The number of morpholine rings is 1. The summed E-state index contributed by atoms with van der Waals surface area (Å²) >= 11 is 0. The first-order chi connectivity index (χ1) is 9.31. The zero-order valence-electron chi connectivity index (χ0n) is 11.1. The number of aliphatic hydroxyl groups is 1. The lowest BCUT2D eigenvalue weighted by atomic mass is 10.2. The van der Waals surface area contributed by atoms with E-state index in [-0.39, 0.29) is 12.6 Å². The first-order valence-electron chi connectivity index (χ1n) is 6.71. The van der Waals surface area contributed by atoms with Crippen molar-refractivity contribution >= 4 is 5.69 Å². The van der Waals surface area contributed by atoms with Gasteiger partial charge in [0.15, 0.2) is 0 Å². The third-order valence-electron chi connectivity index (χ3n) is 3.33. The SMILES string of the molecule is Nc1ccccc1OCCCN1CCOCC1CO. The van der Waals surface area contributed by atoms with Crippen LogP contribution in [-0.2, 0) is 4.74 Å². The second kappa shape index (κ2) is 7.33. The van der Waals surface area contributed by atoms with Gasteiger partial charge in [-0.25, -0.2) is 0 Å². The smallest absolute Gasteiger partial charge is 0.142 e. The highest BCUT2D eigenvalue weighted by atomic mass is 16.5. The molecule has 0 bridgehead atoms. The van der Waals surface area contributed by atoms with Crippen LogP contribution in [0.4, 0.5) is 5.69 Å². The number of benzene rings is 1. The quantitative estimate of drug-likeness (QED) is 0.587. The third kappa shape index (κ3) is 4.09. The van der Waals surface area contributed by atoms with Crippen LogP contribution in [0, 0.1) is 0 Å². The van der Waals surface area contributed by atoms with Gasteiger partial charge in [0.25, 0.3) is 0 Å². The summed E-state index contributed by atoms with van der Waals surface area (Å²) in [6.07, 6.45) is 0.908. The van der Waals surface area contributed by atoms with Crippen molar-refractivity contribution < 1.29 is 14.6 Å². The van der Waals surface area contributed by atoms with Crippen LogP contribution in [0.25, 0.3) is 0 Å². The average molecular weight is 266 g/mol. The number of hydrogen-bond donors (Lipinski definition) is 2. The zero-order chi connectivity index (χ0) is 13.5. The number of aliphatic hydroxyl groups excluding tert-OH is 1. The van der Waals surface area contributed by atoms with Crippen molar-refractivity contribution in [1.29, 1.82) is 0 Å². The van der Waals surface area contributed by atoms with Crippen LogP contribution in [0.5, 0.6) is 5.75 Å².